The lowest BCUT2D eigenvalue weighted by molar-refractivity contribution is -0.375. The number of benzene rings is 1. The Morgan fingerprint density at radius 2 is 1.96 bits per heavy atom. The van der Waals surface area contributed by atoms with Gasteiger partial charge in [-0.25, -0.2) is 28.4 Å². The fourth-order valence-corrected chi connectivity index (χ4v) is 1.67. The molecular formula is C13H15F3N6O4S. The molecule has 2 aromatic heterocycles. The number of hydrazone groups is 1. The van der Waals surface area contributed by atoms with Crippen LogP contribution in [0.1, 0.15) is 5.69 Å². The molecule has 0 fully saturated rings. The van der Waals surface area contributed by atoms with Crippen LogP contribution in [0, 0.1) is 0 Å². The number of imidazole rings is 2. The maximum atomic E-state index is 10.7. The van der Waals surface area contributed by atoms with Gasteiger partial charge in [0, 0.05) is 7.05 Å². The highest BCUT2D eigenvalue weighted by atomic mass is 32.2. The van der Waals surface area contributed by atoms with Gasteiger partial charge in [0.25, 0.3) is 0 Å². The van der Waals surface area contributed by atoms with Gasteiger partial charge < -0.3 is 15.0 Å². The van der Waals surface area contributed by atoms with Crippen LogP contribution in [-0.4, -0.2) is 52.2 Å². The summed E-state index contributed by atoms with van der Waals surface area (Å²) in [6, 6.07) is 7.89. The van der Waals surface area contributed by atoms with Gasteiger partial charge in [0.2, 0.25) is 12.3 Å². The number of aromatic nitrogens is 4. The van der Waals surface area contributed by atoms with Crippen molar-refractivity contribution in [3.05, 3.63) is 42.5 Å². The van der Waals surface area contributed by atoms with Gasteiger partial charge in [-0.3, -0.25) is 0 Å². The van der Waals surface area contributed by atoms with Gasteiger partial charge in [-0.05, 0) is 12.1 Å². The number of anilines is 1. The number of nitrogens with one attached hydrogen (secondary N) is 3. The SMILES string of the molecule is CN(/N=C/c1c[nH+]c[nH]1)c1nc2ccccc2[nH]1.O.O=S(=O)([O-])C(F)(F)F. The number of hydrogen-bond acceptors (Lipinski definition) is 6. The van der Waals surface area contributed by atoms with E-state index in [4.69, 9.17) is 13.0 Å². The molecule has 3 rings (SSSR count). The maximum absolute atomic E-state index is 10.7. The third kappa shape index (κ3) is 6.05. The summed E-state index contributed by atoms with van der Waals surface area (Å²) >= 11 is 0. The summed E-state index contributed by atoms with van der Waals surface area (Å²) in [5, 5.41) is 5.99. The second-order valence-corrected chi connectivity index (χ2v) is 6.17. The zero-order valence-corrected chi connectivity index (χ0v) is 14.5. The number of H-pyrrole nitrogens is 3. The Labute approximate surface area is 150 Å². The Kier molecular flexibility index (Phi) is 7.04. The van der Waals surface area contributed by atoms with E-state index in [9.17, 15) is 13.2 Å². The molecule has 0 radical (unpaired) electrons. The quantitative estimate of drug-likeness (QED) is 0.277. The zero-order chi connectivity index (χ0) is 19.4. The van der Waals surface area contributed by atoms with E-state index in [1.165, 1.54) is 0 Å². The smallest absolute Gasteiger partial charge is 0.485 e. The highest BCUT2D eigenvalue weighted by Crippen LogP contribution is 2.20. The van der Waals surface area contributed by atoms with Gasteiger partial charge in [-0.15, -0.1) is 0 Å². The Bertz CT molecular complexity index is 952. The maximum Gasteiger partial charge on any atom is 0.485 e. The second-order valence-electron chi connectivity index (χ2n) is 4.80. The Morgan fingerprint density at radius 3 is 2.48 bits per heavy atom. The molecule has 0 aliphatic rings. The van der Waals surface area contributed by atoms with Gasteiger partial charge in [0.15, 0.2) is 15.8 Å². The van der Waals surface area contributed by atoms with Crippen molar-refractivity contribution in [1.82, 2.24) is 15.0 Å². The Morgan fingerprint density at radius 1 is 1.33 bits per heavy atom. The van der Waals surface area contributed by atoms with Crippen LogP contribution in [0.2, 0.25) is 0 Å². The lowest BCUT2D eigenvalue weighted by Gasteiger charge is -2.08. The Hall–Kier alpha value is -2.97. The predicted octanol–water partition coefficient (Wildman–Crippen LogP) is 0.402. The highest BCUT2D eigenvalue weighted by molar-refractivity contribution is 7.86. The van der Waals surface area contributed by atoms with Gasteiger partial charge in [0.05, 0.1) is 17.2 Å². The topological polar surface area (TPSA) is 163 Å². The van der Waals surface area contributed by atoms with E-state index in [2.05, 4.69) is 25.0 Å². The van der Waals surface area contributed by atoms with E-state index in [-0.39, 0.29) is 5.48 Å². The number of para-hydroxylation sites is 2. The molecule has 1 aromatic carbocycles. The number of aromatic amines is 3. The van der Waals surface area contributed by atoms with Crippen molar-refractivity contribution in [2.75, 3.05) is 12.1 Å². The van der Waals surface area contributed by atoms with E-state index >= 15 is 0 Å². The standard InChI is InChI=1S/C12H12N6.CHF3O3S.H2O/c1-18(15-7-9-6-13-8-14-9)12-16-10-4-2-3-5-11(10)17-12;2-1(3,4)8(5,6)7;/h2-8H,1H3,(H,13,14)(H,16,17);(H,5,6,7);1H2/b15-7+;;. The summed E-state index contributed by atoms with van der Waals surface area (Å²) in [7, 11) is -4.24. The fourth-order valence-electron chi connectivity index (χ4n) is 1.67. The van der Waals surface area contributed by atoms with Crippen molar-refractivity contribution in [1.29, 1.82) is 0 Å². The van der Waals surface area contributed by atoms with Crippen LogP contribution in [0.4, 0.5) is 19.1 Å². The molecule has 10 nitrogen and oxygen atoms in total. The van der Waals surface area contributed by atoms with Crippen LogP contribution in [0.15, 0.2) is 41.9 Å². The van der Waals surface area contributed by atoms with Crippen LogP contribution in [0.25, 0.3) is 11.0 Å². The summed E-state index contributed by atoms with van der Waals surface area (Å²) < 4.78 is 58.9. The van der Waals surface area contributed by atoms with Crippen molar-refractivity contribution in [3.8, 4) is 0 Å². The first-order chi connectivity index (χ1) is 12.1. The average molecular weight is 408 g/mol. The normalized spacial score (nSPS) is 11.7. The summed E-state index contributed by atoms with van der Waals surface area (Å²) in [4.78, 5) is 13.6. The highest BCUT2D eigenvalue weighted by Gasteiger charge is 2.36. The summed E-state index contributed by atoms with van der Waals surface area (Å²) in [6.07, 6.45) is 5.29. The van der Waals surface area contributed by atoms with E-state index in [1.54, 1.807) is 17.6 Å². The third-order valence-corrected chi connectivity index (χ3v) is 3.46. The molecule has 5 N–H and O–H groups in total. The first kappa shape index (κ1) is 22.1. The van der Waals surface area contributed by atoms with Crippen LogP contribution in [0.3, 0.4) is 0 Å². The van der Waals surface area contributed by atoms with Gasteiger partial charge in [0.1, 0.15) is 6.20 Å². The molecule has 2 heterocycles. The molecule has 0 amide bonds. The predicted molar refractivity (Wildman–Crippen MR) is 88.8 cm³/mol. The molecular weight excluding hydrogens is 393 g/mol. The molecule has 0 bridgehead atoms. The van der Waals surface area contributed by atoms with Crippen molar-refractivity contribution in [2.45, 2.75) is 5.51 Å². The van der Waals surface area contributed by atoms with E-state index in [0.717, 1.165) is 16.7 Å². The molecule has 148 valence electrons. The van der Waals surface area contributed by atoms with E-state index in [1.807, 2.05) is 37.5 Å². The van der Waals surface area contributed by atoms with Crippen molar-refractivity contribution in [3.63, 3.8) is 0 Å². The van der Waals surface area contributed by atoms with Crippen molar-refractivity contribution < 1.29 is 36.6 Å². The largest absolute Gasteiger partial charge is 0.741 e. The summed E-state index contributed by atoms with van der Waals surface area (Å²) in [5.74, 6) is 0.711. The molecule has 0 saturated heterocycles. The lowest BCUT2D eigenvalue weighted by Crippen LogP contribution is -2.21. The zero-order valence-electron chi connectivity index (χ0n) is 13.6. The monoisotopic (exact) mass is 408 g/mol. The van der Waals surface area contributed by atoms with Crippen molar-refractivity contribution in [2.24, 2.45) is 5.10 Å². The minimum Gasteiger partial charge on any atom is -0.741 e. The molecule has 0 unspecified atom stereocenters. The minimum atomic E-state index is -6.09. The second kappa shape index (κ2) is 8.61. The molecule has 0 atom stereocenters. The average Bonchev–Trinajstić information content (AvgIpc) is 3.20. The van der Waals surface area contributed by atoms with Crippen LogP contribution < -0.4 is 9.99 Å². The summed E-state index contributed by atoms with van der Waals surface area (Å²) in [6.45, 7) is 0. The minimum absolute atomic E-state index is 0. The lowest BCUT2D eigenvalue weighted by atomic mass is 10.3. The first-order valence-corrected chi connectivity index (χ1v) is 8.28. The fraction of sp³-hybridized carbons (Fsp3) is 0.154. The number of alkyl halides is 3. The number of halogens is 3. The van der Waals surface area contributed by atoms with Crippen LogP contribution in [-0.2, 0) is 10.1 Å². The molecule has 14 heteroatoms. The van der Waals surface area contributed by atoms with E-state index in [0.29, 0.717) is 5.95 Å². The summed E-state index contributed by atoms with van der Waals surface area (Å²) in [5.41, 5.74) is -2.81. The molecule has 27 heavy (non-hydrogen) atoms. The first-order valence-electron chi connectivity index (χ1n) is 6.87. The molecule has 0 saturated carbocycles. The van der Waals surface area contributed by atoms with E-state index < -0.39 is 15.6 Å². The van der Waals surface area contributed by atoms with Crippen LogP contribution >= 0.6 is 0 Å². The van der Waals surface area contributed by atoms with Gasteiger partial charge in [-0.1, -0.05) is 12.1 Å². The molecule has 0 spiro atoms. The van der Waals surface area contributed by atoms with Gasteiger partial charge in [-0.2, -0.15) is 18.3 Å². The Balaban J connectivity index is 0.000000350. The molecule has 0 aliphatic carbocycles. The molecule has 3 aromatic rings. The number of hydrogen-bond donors (Lipinski definition) is 2. The third-order valence-electron chi connectivity index (χ3n) is 2.90. The van der Waals surface area contributed by atoms with Gasteiger partial charge >= 0.3 is 5.51 Å². The van der Waals surface area contributed by atoms with Crippen molar-refractivity contribution >= 4 is 33.3 Å². The van der Waals surface area contributed by atoms with Crippen LogP contribution in [0.5, 0.6) is 0 Å². The molecule has 0 aliphatic heterocycles. The number of fused-ring (bicyclic) bond motifs is 1. The number of nitrogens with zero attached hydrogens (tertiary/aromatic N) is 3. The number of rotatable bonds is 3.